The zero-order valence-electron chi connectivity index (χ0n) is 9.69. The number of amides is 1. The van der Waals surface area contributed by atoms with Gasteiger partial charge in [0.2, 0.25) is 5.91 Å². The highest BCUT2D eigenvalue weighted by atomic mass is 32.1. The third-order valence-electron chi connectivity index (χ3n) is 2.89. The molecule has 17 heavy (non-hydrogen) atoms. The van der Waals surface area contributed by atoms with Crippen LogP contribution in [0.2, 0.25) is 0 Å². The van der Waals surface area contributed by atoms with E-state index in [0.717, 1.165) is 36.5 Å². The summed E-state index contributed by atoms with van der Waals surface area (Å²) in [6, 6.07) is 7.96. The fraction of sp³-hybridized carbons (Fsp3) is 0.462. The Morgan fingerprint density at radius 2 is 1.94 bits per heavy atom. The van der Waals surface area contributed by atoms with Crippen LogP contribution in [0.5, 0.6) is 0 Å². The van der Waals surface area contributed by atoms with Gasteiger partial charge in [0, 0.05) is 24.2 Å². The molecule has 0 bridgehead atoms. The first kappa shape index (κ1) is 12.5. The van der Waals surface area contributed by atoms with Crippen LogP contribution in [0.4, 0.5) is 0 Å². The SMILES string of the molecule is O=C(Cc1ccc(S)cc1)NC1CCOCC1. The molecule has 1 N–H and O–H groups in total. The standard InChI is InChI=1S/C13H17NO2S/c15-13(14-11-5-7-16-8-6-11)9-10-1-3-12(17)4-2-10/h1-4,11,17H,5-9H2,(H,14,15). The van der Waals surface area contributed by atoms with Crippen molar-refractivity contribution in [2.24, 2.45) is 0 Å². The van der Waals surface area contributed by atoms with E-state index < -0.39 is 0 Å². The van der Waals surface area contributed by atoms with E-state index in [-0.39, 0.29) is 11.9 Å². The van der Waals surface area contributed by atoms with Crippen molar-refractivity contribution in [3.8, 4) is 0 Å². The van der Waals surface area contributed by atoms with Crippen molar-refractivity contribution in [3.05, 3.63) is 29.8 Å². The van der Waals surface area contributed by atoms with Crippen LogP contribution < -0.4 is 5.32 Å². The molecule has 1 aromatic rings. The average molecular weight is 251 g/mol. The van der Waals surface area contributed by atoms with Gasteiger partial charge in [-0.25, -0.2) is 0 Å². The molecule has 1 amide bonds. The molecule has 4 heteroatoms. The second-order valence-electron chi connectivity index (χ2n) is 4.30. The summed E-state index contributed by atoms with van der Waals surface area (Å²) in [5, 5.41) is 3.04. The van der Waals surface area contributed by atoms with E-state index in [1.54, 1.807) is 0 Å². The zero-order chi connectivity index (χ0) is 12.1. The lowest BCUT2D eigenvalue weighted by Gasteiger charge is -2.23. The van der Waals surface area contributed by atoms with Crippen molar-refractivity contribution >= 4 is 18.5 Å². The Morgan fingerprint density at radius 3 is 2.59 bits per heavy atom. The average Bonchev–Trinajstić information content (AvgIpc) is 2.33. The van der Waals surface area contributed by atoms with Gasteiger partial charge in [-0.3, -0.25) is 4.79 Å². The number of nitrogens with one attached hydrogen (secondary N) is 1. The maximum absolute atomic E-state index is 11.8. The van der Waals surface area contributed by atoms with Gasteiger partial charge in [-0.05, 0) is 30.5 Å². The van der Waals surface area contributed by atoms with Crippen LogP contribution in [0, 0.1) is 0 Å². The Hall–Kier alpha value is -1.00. The Bertz CT molecular complexity index is 372. The van der Waals surface area contributed by atoms with E-state index in [4.69, 9.17) is 4.74 Å². The molecule has 0 spiro atoms. The van der Waals surface area contributed by atoms with Crippen LogP contribution >= 0.6 is 12.6 Å². The molecule has 1 saturated heterocycles. The lowest BCUT2D eigenvalue weighted by molar-refractivity contribution is -0.121. The minimum atomic E-state index is 0.0869. The summed E-state index contributed by atoms with van der Waals surface area (Å²) in [7, 11) is 0. The van der Waals surface area contributed by atoms with E-state index in [1.807, 2.05) is 24.3 Å². The number of rotatable bonds is 3. The van der Waals surface area contributed by atoms with Crippen LogP contribution in [0.3, 0.4) is 0 Å². The van der Waals surface area contributed by atoms with Crippen LogP contribution in [0.15, 0.2) is 29.2 Å². The largest absolute Gasteiger partial charge is 0.381 e. The van der Waals surface area contributed by atoms with Gasteiger partial charge in [-0.1, -0.05) is 12.1 Å². The maximum Gasteiger partial charge on any atom is 0.224 e. The Morgan fingerprint density at radius 1 is 1.29 bits per heavy atom. The van der Waals surface area contributed by atoms with Crippen molar-refractivity contribution in [3.63, 3.8) is 0 Å². The van der Waals surface area contributed by atoms with E-state index >= 15 is 0 Å². The van der Waals surface area contributed by atoms with Crippen molar-refractivity contribution < 1.29 is 9.53 Å². The van der Waals surface area contributed by atoms with Crippen molar-refractivity contribution in [1.29, 1.82) is 0 Å². The molecule has 1 aliphatic heterocycles. The first-order chi connectivity index (χ1) is 8.24. The van der Waals surface area contributed by atoms with Gasteiger partial charge in [0.25, 0.3) is 0 Å². The summed E-state index contributed by atoms with van der Waals surface area (Å²) >= 11 is 4.21. The quantitative estimate of drug-likeness (QED) is 0.804. The van der Waals surface area contributed by atoms with Crippen molar-refractivity contribution in [2.75, 3.05) is 13.2 Å². The monoisotopic (exact) mass is 251 g/mol. The molecule has 0 aliphatic carbocycles. The van der Waals surface area contributed by atoms with Gasteiger partial charge in [0.1, 0.15) is 0 Å². The predicted molar refractivity (Wildman–Crippen MR) is 69.4 cm³/mol. The topological polar surface area (TPSA) is 38.3 Å². The smallest absolute Gasteiger partial charge is 0.224 e. The van der Waals surface area contributed by atoms with E-state index in [0.29, 0.717) is 6.42 Å². The number of hydrogen-bond acceptors (Lipinski definition) is 3. The van der Waals surface area contributed by atoms with Gasteiger partial charge in [-0.15, -0.1) is 12.6 Å². The molecule has 1 aromatic carbocycles. The van der Waals surface area contributed by atoms with Crippen molar-refractivity contribution in [1.82, 2.24) is 5.32 Å². The van der Waals surface area contributed by atoms with E-state index in [9.17, 15) is 4.79 Å². The summed E-state index contributed by atoms with van der Waals surface area (Å²) in [5.74, 6) is 0.0869. The van der Waals surface area contributed by atoms with Gasteiger partial charge in [0.15, 0.2) is 0 Å². The maximum atomic E-state index is 11.8. The fourth-order valence-corrected chi connectivity index (χ4v) is 2.07. The highest BCUT2D eigenvalue weighted by molar-refractivity contribution is 7.80. The molecule has 0 unspecified atom stereocenters. The highest BCUT2D eigenvalue weighted by Gasteiger charge is 2.15. The van der Waals surface area contributed by atoms with Gasteiger partial charge in [0.05, 0.1) is 6.42 Å². The molecule has 0 atom stereocenters. The Labute approximate surface area is 107 Å². The number of thiol groups is 1. The Balaban J connectivity index is 1.82. The minimum Gasteiger partial charge on any atom is -0.381 e. The molecule has 0 aromatic heterocycles. The molecule has 0 saturated carbocycles. The lowest BCUT2D eigenvalue weighted by atomic mass is 10.1. The summed E-state index contributed by atoms with van der Waals surface area (Å²) in [4.78, 5) is 12.7. The molecule has 92 valence electrons. The molecule has 3 nitrogen and oxygen atoms in total. The highest BCUT2D eigenvalue weighted by Crippen LogP contribution is 2.09. The number of carbonyl (C=O) groups excluding carboxylic acids is 1. The zero-order valence-corrected chi connectivity index (χ0v) is 10.6. The second kappa shape index (κ2) is 6.07. The van der Waals surface area contributed by atoms with Crippen LogP contribution in [0.25, 0.3) is 0 Å². The number of ether oxygens (including phenoxy) is 1. The lowest BCUT2D eigenvalue weighted by Crippen LogP contribution is -2.39. The van der Waals surface area contributed by atoms with E-state index in [1.165, 1.54) is 0 Å². The number of benzene rings is 1. The molecule has 1 heterocycles. The fourth-order valence-electron chi connectivity index (χ4n) is 1.92. The molecule has 0 radical (unpaired) electrons. The van der Waals surface area contributed by atoms with Gasteiger partial charge < -0.3 is 10.1 Å². The van der Waals surface area contributed by atoms with Gasteiger partial charge >= 0.3 is 0 Å². The summed E-state index contributed by atoms with van der Waals surface area (Å²) in [6.07, 6.45) is 2.27. The third kappa shape index (κ3) is 4.06. The normalized spacial score (nSPS) is 16.8. The molecule has 1 aliphatic rings. The summed E-state index contributed by atoms with van der Waals surface area (Å²) in [5.41, 5.74) is 1.02. The van der Waals surface area contributed by atoms with Gasteiger partial charge in [-0.2, -0.15) is 0 Å². The third-order valence-corrected chi connectivity index (χ3v) is 3.19. The predicted octanol–water partition coefficient (Wildman–Crippen LogP) is 1.81. The van der Waals surface area contributed by atoms with Crippen LogP contribution in [-0.4, -0.2) is 25.2 Å². The minimum absolute atomic E-state index is 0.0869. The number of carbonyl (C=O) groups is 1. The number of hydrogen-bond donors (Lipinski definition) is 2. The molecular weight excluding hydrogens is 234 g/mol. The second-order valence-corrected chi connectivity index (χ2v) is 4.81. The van der Waals surface area contributed by atoms with Crippen LogP contribution in [-0.2, 0) is 16.0 Å². The van der Waals surface area contributed by atoms with E-state index in [2.05, 4.69) is 17.9 Å². The summed E-state index contributed by atoms with van der Waals surface area (Å²) in [6.45, 7) is 1.50. The molecule has 2 rings (SSSR count). The first-order valence-corrected chi connectivity index (χ1v) is 6.34. The summed E-state index contributed by atoms with van der Waals surface area (Å²) < 4.78 is 5.25. The van der Waals surface area contributed by atoms with Crippen molar-refractivity contribution in [2.45, 2.75) is 30.2 Å². The van der Waals surface area contributed by atoms with Crippen LogP contribution in [0.1, 0.15) is 18.4 Å². The Kier molecular flexibility index (Phi) is 4.45. The molecular formula is C13H17NO2S. The first-order valence-electron chi connectivity index (χ1n) is 5.89. The molecule has 1 fully saturated rings.